The molecule has 14 heavy (non-hydrogen) atoms. The predicted molar refractivity (Wildman–Crippen MR) is 48.6 cm³/mol. The number of hydrogen-bond donors (Lipinski definition) is 4. The highest BCUT2D eigenvalue weighted by molar-refractivity contribution is 4.92. The molecule has 0 amide bonds. The quantitative estimate of drug-likeness (QED) is 0.441. The molecule has 1 fully saturated rings. The maximum absolute atomic E-state index is 9.57. The van der Waals surface area contributed by atoms with Crippen molar-refractivity contribution in [2.75, 3.05) is 6.61 Å². The Hall–Kier alpha value is -0.200. The minimum Gasteiger partial charge on any atom is -0.394 e. The molecule has 0 saturated carbocycles. The molecule has 0 aromatic rings. The molecule has 0 unspecified atom stereocenters. The summed E-state index contributed by atoms with van der Waals surface area (Å²) >= 11 is 0. The molecule has 84 valence electrons. The van der Waals surface area contributed by atoms with Crippen molar-refractivity contribution in [1.29, 1.82) is 0 Å². The molecular weight excluding hydrogens is 188 g/mol. The molecule has 1 aliphatic heterocycles. The summed E-state index contributed by atoms with van der Waals surface area (Å²) in [6, 6.07) is 0. The first-order chi connectivity index (χ1) is 6.49. The van der Waals surface area contributed by atoms with Gasteiger partial charge in [0, 0.05) is 0 Å². The third-order valence-corrected chi connectivity index (χ3v) is 2.59. The molecule has 1 heterocycles. The van der Waals surface area contributed by atoms with Crippen molar-refractivity contribution in [2.45, 2.75) is 44.4 Å². The molecule has 5 heteroatoms. The molecule has 1 saturated heterocycles. The van der Waals surface area contributed by atoms with E-state index in [0.717, 1.165) is 0 Å². The fraction of sp³-hybridized carbons (Fsp3) is 1.00. The van der Waals surface area contributed by atoms with Gasteiger partial charge in [-0.25, -0.2) is 0 Å². The fourth-order valence-electron chi connectivity index (χ4n) is 1.68. The van der Waals surface area contributed by atoms with Crippen LogP contribution in [0.4, 0.5) is 0 Å². The number of hydrogen-bond acceptors (Lipinski definition) is 5. The van der Waals surface area contributed by atoms with Crippen molar-refractivity contribution in [3.63, 3.8) is 0 Å². The first-order valence-electron chi connectivity index (χ1n) is 4.79. The molecule has 1 aliphatic rings. The van der Waals surface area contributed by atoms with Crippen LogP contribution in [0.5, 0.6) is 0 Å². The van der Waals surface area contributed by atoms with E-state index in [9.17, 15) is 15.3 Å². The van der Waals surface area contributed by atoms with Gasteiger partial charge in [-0.1, -0.05) is 13.8 Å². The first-order valence-corrected chi connectivity index (χ1v) is 4.79. The molecule has 4 N–H and O–H groups in total. The van der Waals surface area contributed by atoms with Crippen LogP contribution < -0.4 is 0 Å². The Bertz CT molecular complexity index is 182. The van der Waals surface area contributed by atoms with E-state index in [2.05, 4.69) is 0 Å². The van der Waals surface area contributed by atoms with Gasteiger partial charge in [-0.15, -0.1) is 0 Å². The van der Waals surface area contributed by atoms with Gasteiger partial charge in [-0.3, -0.25) is 0 Å². The number of aliphatic hydroxyl groups is 4. The highest BCUT2D eigenvalue weighted by atomic mass is 16.5. The van der Waals surface area contributed by atoms with Crippen LogP contribution in [-0.2, 0) is 4.74 Å². The standard InChI is InChI=1S/C9H18O5/c1-4(2)9-8(13)7(12)6(11)5(3-10)14-9/h4-13H,3H2,1-2H3/t5-,6-,7+,8-,9+/m1/s1. The Labute approximate surface area is 82.9 Å². The van der Waals surface area contributed by atoms with E-state index >= 15 is 0 Å². The molecular formula is C9H18O5. The van der Waals surface area contributed by atoms with Crippen LogP contribution in [0.1, 0.15) is 13.8 Å². The van der Waals surface area contributed by atoms with Gasteiger partial charge in [-0.05, 0) is 5.92 Å². The van der Waals surface area contributed by atoms with E-state index in [1.54, 1.807) is 0 Å². The molecule has 0 aromatic heterocycles. The van der Waals surface area contributed by atoms with Gasteiger partial charge in [0.05, 0.1) is 12.7 Å². The van der Waals surface area contributed by atoms with Gasteiger partial charge in [0.15, 0.2) is 0 Å². The van der Waals surface area contributed by atoms with Gasteiger partial charge < -0.3 is 25.2 Å². The summed E-state index contributed by atoms with van der Waals surface area (Å²) in [4.78, 5) is 0. The Morgan fingerprint density at radius 1 is 1.07 bits per heavy atom. The van der Waals surface area contributed by atoms with Crippen molar-refractivity contribution in [3.8, 4) is 0 Å². The topological polar surface area (TPSA) is 90.2 Å². The Morgan fingerprint density at radius 2 is 1.64 bits per heavy atom. The monoisotopic (exact) mass is 206 g/mol. The van der Waals surface area contributed by atoms with E-state index < -0.39 is 30.5 Å². The summed E-state index contributed by atoms with van der Waals surface area (Å²) < 4.78 is 5.28. The van der Waals surface area contributed by atoms with Crippen molar-refractivity contribution in [1.82, 2.24) is 0 Å². The van der Waals surface area contributed by atoms with Crippen LogP contribution in [-0.4, -0.2) is 57.6 Å². The second-order valence-corrected chi connectivity index (χ2v) is 4.04. The molecule has 0 spiro atoms. The predicted octanol–water partition coefficient (Wildman–Crippen LogP) is -1.52. The van der Waals surface area contributed by atoms with Gasteiger partial charge in [0.25, 0.3) is 0 Å². The summed E-state index contributed by atoms with van der Waals surface area (Å²) in [5.41, 5.74) is 0. The third-order valence-electron chi connectivity index (χ3n) is 2.59. The number of ether oxygens (including phenoxy) is 1. The summed E-state index contributed by atoms with van der Waals surface area (Å²) in [7, 11) is 0. The van der Waals surface area contributed by atoms with Gasteiger partial charge in [0.2, 0.25) is 0 Å². The highest BCUT2D eigenvalue weighted by Gasteiger charge is 2.44. The number of rotatable bonds is 2. The molecule has 0 radical (unpaired) electrons. The van der Waals surface area contributed by atoms with Gasteiger partial charge in [-0.2, -0.15) is 0 Å². The lowest BCUT2D eigenvalue weighted by Crippen LogP contribution is -2.59. The third kappa shape index (κ3) is 2.07. The second-order valence-electron chi connectivity index (χ2n) is 4.04. The summed E-state index contributed by atoms with van der Waals surface area (Å²) in [6.07, 6.45) is -4.96. The minimum atomic E-state index is -1.26. The van der Waals surface area contributed by atoms with Crippen LogP contribution in [0, 0.1) is 5.92 Å². The zero-order valence-corrected chi connectivity index (χ0v) is 8.37. The fourth-order valence-corrected chi connectivity index (χ4v) is 1.68. The molecule has 5 nitrogen and oxygen atoms in total. The van der Waals surface area contributed by atoms with Crippen LogP contribution in [0.15, 0.2) is 0 Å². The van der Waals surface area contributed by atoms with E-state index in [1.165, 1.54) is 0 Å². The smallest absolute Gasteiger partial charge is 0.111 e. The minimum absolute atomic E-state index is 0.0150. The van der Waals surface area contributed by atoms with Crippen molar-refractivity contribution in [3.05, 3.63) is 0 Å². The maximum Gasteiger partial charge on any atom is 0.111 e. The lowest BCUT2D eigenvalue weighted by atomic mass is 9.90. The van der Waals surface area contributed by atoms with Crippen molar-refractivity contribution >= 4 is 0 Å². The van der Waals surface area contributed by atoms with Crippen LogP contribution in [0.2, 0.25) is 0 Å². The summed E-state index contributed by atoms with van der Waals surface area (Å²) in [5.74, 6) is 0.0150. The van der Waals surface area contributed by atoms with Gasteiger partial charge in [0.1, 0.15) is 24.4 Å². The molecule has 0 aliphatic carbocycles. The van der Waals surface area contributed by atoms with Crippen LogP contribution in [0.3, 0.4) is 0 Å². The largest absolute Gasteiger partial charge is 0.394 e. The number of aliphatic hydroxyl groups excluding tert-OH is 4. The average molecular weight is 206 g/mol. The lowest BCUT2D eigenvalue weighted by Gasteiger charge is -2.41. The summed E-state index contributed by atoms with van der Waals surface area (Å²) in [6.45, 7) is 3.31. The van der Waals surface area contributed by atoms with E-state index in [0.29, 0.717) is 0 Å². The molecule has 0 bridgehead atoms. The van der Waals surface area contributed by atoms with Crippen molar-refractivity contribution < 1.29 is 25.2 Å². The van der Waals surface area contributed by atoms with E-state index in [4.69, 9.17) is 9.84 Å². The Morgan fingerprint density at radius 3 is 2.07 bits per heavy atom. The van der Waals surface area contributed by atoms with E-state index in [1.807, 2.05) is 13.8 Å². The first kappa shape index (κ1) is 11.9. The van der Waals surface area contributed by atoms with Gasteiger partial charge >= 0.3 is 0 Å². The van der Waals surface area contributed by atoms with E-state index in [-0.39, 0.29) is 12.5 Å². The molecule has 5 atom stereocenters. The Kier molecular flexibility index (Phi) is 3.86. The second kappa shape index (κ2) is 4.55. The maximum atomic E-state index is 9.57. The zero-order valence-electron chi connectivity index (χ0n) is 8.37. The molecule has 1 rings (SSSR count). The summed E-state index contributed by atoms with van der Waals surface area (Å²) in [5, 5.41) is 37.4. The highest BCUT2D eigenvalue weighted by Crippen LogP contribution is 2.25. The normalized spacial score (nSPS) is 44.4. The Balaban J connectivity index is 2.73. The van der Waals surface area contributed by atoms with Crippen LogP contribution >= 0.6 is 0 Å². The van der Waals surface area contributed by atoms with Crippen LogP contribution in [0.25, 0.3) is 0 Å². The SMILES string of the molecule is CC(C)[C@@H]1O[C@H](CO)[C@@H](O)[C@H](O)[C@H]1O. The van der Waals surface area contributed by atoms with Crippen molar-refractivity contribution in [2.24, 2.45) is 5.92 Å². The molecule has 0 aromatic carbocycles. The zero-order chi connectivity index (χ0) is 10.9. The average Bonchev–Trinajstić information content (AvgIpc) is 2.14. The lowest BCUT2D eigenvalue weighted by molar-refractivity contribution is -0.238.